The van der Waals surface area contributed by atoms with Crippen LogP contribution in [0.2, 0.25) is 0 Å². The van der Waals surface area contributed by atoms with Gasteiger partial charge in [-0.2, -0.15) is 5.26 Å². The first kappa shape index (κ1) is 11.2. The quantitative estimate of drug-likeness (QED) is 0.759. The molecule has 0 aliphatic heterocycles. The topological polar surface area (TPSA) is 36.7 Å². The molecule has 0 radical (unpaired) electrons. The van der Waals surface area contributed by atoms with E-state index in [4.69, 9.17) is 5.26 Å². The highest BCUT2D eigenvalue weighted by molar-refractivity contribution is 7.12. The van der Waals surface area contributed by atoms with E-state index in [-0.39, 0.29) is 0 Å². The van der Waals surface area contributed by atoms with Crippen LogP contribution in [-0.2, 0) is 6.42 Å². The minimum atomic E-state index is 0.535. The molecule has 0 aromatic carbocycles. The van der Waals surface area contributed by atoms with Gasteiger partial charge in [-0.15, -0.1) is 11.3 Å². The molecule has 0 amide bonds. The highest BCUT2D eigenvalue weighted by Gasteiger charge is 2.15. The molecule has 1 heterocycles. The number of nitrogens with zero attached hydrogens (tertiary/aromatic N) is 2. The van der Waals surface area contributed by atoms with E-state index in [1.54, 1.807) is 11.3 Å². The summed E-state index contributed by atoms with van der Waals surface area (Å²) in [6.07, 6.45) is 3.08. The van der Waals surface area contributed by atoms with Crippen molar-refractivity contribution < 1.29 is 0 Å². The van der Waals surface area contributed by atoms with E-state index < -0.39 is 0 Å². The Morgan fingerprint density at radius 2 is 2.00 bits per heavy atom. The molecule has 0 unspecified atom stereocenters. The summed E-state index contributed by atoms with van der Waals surface area (Å²) >= 11 is 1.57. The maximum Gasteiger partial charge on any atom is 0.128 e. The number of hydrogen-bond acceptors (Lipinski definition) is 3. The summed E-state index contributed by atoms with van der Waals surface area (Å²) in [5.74, 6) is 0.535. The van der Waals surface area contributed by atoms with Crippen molar-refractivity contribution in [2.24, 2.45) is 0 Å². The van der Waals surface area contributed by atoms with Crippen molar-refractivity contribution in [2.75, 3.05) is 0 Å². The van der Waals surface area contributed by atoms with Crippen LogP contribution in [0.1, 0.15) is 55.1 Å². The lowest BCUT2D eigenvalue weighted by atomic mass is 10.1. The predicted molar refractivity (Wildman–Crippen MR) is 59.5 cm³/mol. The van der Waals surface area contributed by atoms with Crippen molar-refractivity contribution in [3.8, 4) is 6.07 Å². The zero-order valence-corrected chi connectivity index (χ0v) is 9.82. The van der Waals surface area contributed by atoms with Gasteiger partial charge < -0.3 is 0 Å². The van der Waals surface area contributed by atoms with E-state index in [9.17, 15) is 0 Å². The van der Waals surface area contributed by atoms with Gasteiger partial charge >= 0.3 is 0 Å². The molecule has 0 atom stereocenters. The molecule has 76 valence electrons. The first-order chi connectivity index (χ1) is 6.76. The maximum atomic E-state index is 8.91. The second-order valence-corrected chi connectivity index (χ2v) is 4.34. The smallest absolute Gasteiger partial charge is 0.128 e. The Bertz CT molecular complexity index is 332. The summed E-state index contributed by atoms with van der Waals surface area (Å²) in [5, 5.41) is 10.1. The summed E-state index contributed by atoms with van der Waals surface area (Å²) in [6, 6.07) is 2.23. The van der Waals surface area contributed by atoms with Crippen LogP contribution < -0.4 is 0 Å². The number of hydrogen-bond donors (Lipinski definition) is 0. The largest absolute Gasteiger partial charge is 0.245 e. The van der Waals surface area contributed by atoms with Gasteiger partial charge in [0.15, 0.2) is 0 Å². The highest BCUT2D eigenvalue weighted by atomic mass is 32.1. The standard InChI is InChI=1S/C11H16N2S/c1-4-8(5-2)11-13-9(6-3)10(7-12)14-11/h8H,4-6H2,1-3H3. The fourth-order valence-corrected chi connectivity index (χ4v) is 2.73. The second-order valence-electron chi connectivity index (χ2n) is 3.31. The molecule has 1 aromatic rings. The Hall–Kier alpha value is -0.880. The highest BCUT2D eigenvalue weighted by Crippen LogP contribution is 2.29. The number of aromatic nitrogens is 1. The Labute approximate surface area is 89.6 Å². The van der Waals surface area contributed by atoms with Crippen LogP contribution in [0.15, 0.2) is 0 Å². The molecule has 0 bridgehead atoms. The van der Waals surface area contributed by atoms with Crippen LogP contribution in [0.3, 0.4) is 0 Å². The first-order valence-electron chi connectivity index (χ1n) is 5.16. The molecular weight excluding hydrogens is 192 g/mol. The van der Waals surface area contributed by atoms with Crippen LogP contribution in [0, 0.1) is 11.3 Å². The molecule has 0 saturated heterocycles. The Morgan fingerprint density at radius 1 is 1.36 bits per heavy atom. The first-order valence-corrected chi connectivity index (χ1v) is 5.98. The SMILES string of the molecule is CCc1nc(C(CC)CC)sc1C#N. The Kier molecular flexibility index (Phi) is 4.09. The third-order valence-electron chi connectivity index (χ3n) is 2.49. The molecule has 0 aliphatic rings. The second kappa shape index (κ2) is 5.11. The zero-order chi connectivity index (χ0) is 10.6. The number of aryl methyl sites for hydroxylation is 1. The lowest BCUT2D eigenvalue weighted by Gasteiger charge is -2.06. The van der Waals surface area contributed by atoms with E-state index in [1.165, 1.54) is 0 Å². The average Bonchev–Trinajstić information content (AvgIpc) is 2.63. The van der Waals surface area contributed by atoms with Gasteiger partial charge in [0.1, 0.15) is 10.9 Å². The Balaban J connectivity index is 3.00. The lowest BCUT2D eigenvalue weighted by Crippen LogP contribution is -1.94. The van der Waals surface area contributed by atoms with Gasteiger partial charge in [-0.3, -0.25) is 0 Å². The fraction of sp³-hybridized carbons (Fsp3) is 0.636. The molecular formula is C11H16N2S. The lowest BCUT2D eigenvalue weighted by molar-refractivity contribution is 0.635. The van der Waals surface area contributed by atoms with Crippen molar-refractivity contribution in [1.82, 2.24) is 4.98 Å². The van der Waals surface area contributed by atoms with Crippen LogP contribution in [-0.4, -0.2) is 4.98 Å². The average molecular weight is 208 g/mol. The van der Waals surface area contributed by atoms with Gasteiger partial charge in [-0.25, -0.2) is 4.98 Å². The van der Waals surface area contributed by atoms with Gasteiger partial charge in [0.25, 0.3) is 0 Å². The zero-order valence-electron chi connectivity index (χ0n) is 9.00. The molecule has 14 heavy (non-hydrogen) atoms. The monoisotopic (exact) mass is 208 g/mol. The molecule has 0 saturated carbocycles. The predicted octanol–water partition coefficient (Wildman–Crippen LogP) is 3.48. The van der Waals surface area contributed by atoms with Gasteiger partial charge in [-0.05, 0) is 19.3 Å². The third-order valence-corrected chi connectivity index (χ3v) is 3.65. The normalized spacial score (nSPS) is 10.5. The summed E-state index contributed by atoms with van der Waals surface area (Å²) < 4.78 is 0. The van der Waals surface area contributed by atoms with Gasteiger partial charge in [-0.1, -0.05) is 20.8 Å². The fourth-order valence-electron chi connectivity index (χ4n) is 1.51. The maximum absolute atomic E-state index is 8.91. The molecule has 0 spiro atoms. The Morgan fingerprint density at radius 3 is 2.36 bits per heavy atom. The third kappa shape index (κ3) is 2.13. The minimum absolute atomic E-state index is 0.535. The number of thiazole rings is 1. The van der Waals surface area contributed by atoms with Crippen LogP contribution in [0.4, 0.5) is 0 Å². The molecule has 3 heteroatoms. The van der Waals surface area contributed by atoms with Crippen molar-refractivity contribution in [3.05, 3.63) is 15.6 Å². The summed E-state index contributed by atoms with van der Waals surface area (Å²) in [5.41, 5.74) is 0.972. The van der Waals surface area contributed by atoms with Crippen LogP contribution in [0.25, 0.3) is 0 Å². The molecule has 0 fully saturated rings. The van der Waals surface area contributed by atoms with Gasteiger partial charge in [0, 0.05) is 5.92 Å². The van der Waals surface area contributed by atoms with Crippen LogP contribution >= 0.6 is 11.3 Å². The van der Waals surface area contributed by atoms with E-state index >= 15 is 0 Å². The van der Waals surface area contributed by atoms with E-state index in [0.717, 1.165) is 34.8 Å². The number of nitriles is 1. The van der Waals surface area contributed by atoms with E-state index in [0.29, 0.717) is 5.92 Å². The molecule has 1 aromatic heterocycles. The molecule has 0 N–H and O–H groups in total. The van der Waals surface area contributed by atoms with Gasteiger partial charge in [0.2, 0.25) is 0 Å². The van der Waals surface area contributed by atoms with Gasteiger partial charge in [0.05, 0.1) is 10.7 Å². The molecule has 0 aliphatic carbocycles. The van der Waals surface area contributed by atoms with Crippen molar-refractivity contribution in [3.63, 3.8) is 0 Å². The summed E-state index contributed by atoms with van der Waals surface area (Å²) in [6.45, 7) is 6.40. The van der Waals surface area contributed by atoms with Crippen LogP contribution in [0.5, 0.6) is 0 Å². The molecule has 1 rings (SSSR count). The molecule has 2 nitrogen and oxygen atoms in total. The summed E-state index contributed by atoms with van der Waals surface area (Å²) in [4.78, 5) is 5.34. The van der Waals surface area contributed by atoms with Crippen molar-refractivity contribution in [2.45, 2.75) is 46.0 Å². The van der Waals surface area contributed by atoms with Crippen molar-refractivity contribution in [1.29, 1.82) is 5.26 Å². The summed E-state index contributed by atoms with van der Waals surface area (Å²) in [7, 11) is 0. The minimum Gasteiger partial charge on any atom is -0.245 e. The van der Waals surface area contributed by atoms with E-state index in [2.05, 4.69) is 24.9 Å². The van der Waals surface area contributed by atoms with Crippen molar-refractivity contribution >= 4 is 11.3 Å². The number of rotatable bonds is 4. The van der Waals surface area contributed by atoms with E-state index in [1.807, 2.05) is 6.92 Å².